The largest absolute Gasteiger partial charge is 0.504 e. The summed E-state index contributed by atoms with van der Waals surface area (Å²) in [5.74, 6) is 1.00. The molecule has 2 heterocycles. The van der Waals surface area contributed by atoms with Crippen molar-refractivity contribution in [2.24, 2.45) is 11.8 Å². The van der Waals surface area contributed by atoms with Gasteiger partial charge < -0.3 is 34.2 Å². The number of ketones is 2. The van der Waals surface area contributed by atoms with E-state index in [-0.39, 0.29) is 69.9 Å². The van der Waals surface area contributed by atoms with Crippen LogP contribution in [-0.2, 0) is 34.7 Å². The van der Waals surface area contributed by atoms with Gasteiger partial charge in [-0.15, -0.1) is 23.5 Å². The number of hydrogen-bond acceptors (Lipinski definition) is 12. The minimum atomic E-state index is -0.531. The molecular weight excluding hydrogens is 857 g/mol. The van der Waals surface area contributed by atoms with E-state index in [1.54, 1.807) is 32.0 Å². The van der Waals surface area contributed by atoms with Crippen LogP contribution in [0.3, 0.4) is 0 Å². The number of aryl methyl sites for hydroxylation is 3. The van der Waals surface area contributed by atoms with Crippen LogP contribution in [0.1, 0.15) is 82.1 Å². The maximum absolute atomic E-state index is 13.2. The monoisotopic (exact) mass is 914 g/mol. The van der Waals surface area contributed by atoms with Gasteiger partial charge in [-0.3, -0.25) is 14.4 Å². The zero-order valence-corrected chi connectivity index (χ0v) is 40.0. The molecule has 10 rings (SSSR count). The van der Waals surface area contributed by atoms with E-state index in [2.05, 4.69) is 92.3 Å². The maximum Gasteiger partial charge on any atom is 0.308 e. The van der Waals surface area contributed by atoms with E-state index in [1.807, 2.05) is 43.0 Å². The number of likely N-dealkylation sites (tertiary alicyclic amines) is 2. The summed E-state index contributed by atoms with van der Waals surface area (Å²) in [5, 5.41) is 21.6. The molecule has 0 aromatic heterocycles. The topological polar surface area (TPSA) is 126 Å². The van der Waals surface area contributed by atoms with Crippen molar-refractivity contribution in [1.29, 1.82) is 0 Å². The lowest BCUT2D eigenvalue weighted by atomic mass is 9.53. The number of methoxy groups -OCH3 is 2. The average molecular weight is 915 g/mol. The van der Waals surface area contributed by atoms with Crippen LogP contribution in [-0.4, -0.2) is 91.0 Å². The molecule has 2 fully saturated rings. The van der Waals surface area contributed by atoms with E-state index in [4.69, 9.17) is 14.2 Å². The Hall–Kier alpha value is -5.01. The molecule has 12 heteroatoms. The van der Waals surface area contributed by atoms with E-state index in [0.717, 1.165) is 48.2 Å². The quantitative estimate of drug-likeness (QED) is 0.104. The molecule has 0 saturated carbocycles. The summed E-state index contributed by atoms with van der Waals surface area (Å²) in [6.07, 6.45) is 6.26. The van der Waals surface area contributed by atoms with Gasteiger partial charge in [0, 0.05) is 75.4 Å². The molecule has 2 saturated heterocycles. The molecule has 4 aliphatic carbocycles. The first-order valence-corrected chi connectivity index (χ1v) is 24.2. The Labute approximate surface area is 390 Å². The van der Waals surface area contributed by atoms with Gasteiger partial charge in [0.2, 0.25) is 0 Å². The second-order valence-corrected chi connectivity index (χ2v) is 21.1. The summed E-state index contributed by atoms with van der Waals surface area (Å²) < 4.78 is 16.9. The number of Topliss-reactive ketones (excluding diaryl/α,β-unsaturated/α-hetero) is 2. The Morgan fingerprint density at radius 3 is 1.60 bits per heavy atom. The summed E-state index contributed by atoms with van der Waals surface area (Å²) >= 11 is 3.66. The van der Waals surface area contributed by atoms with Crippen molar-refractivity contribution in [3.63, 3.8) is 0 Å². The molecule has 4 aromatic carbocycles. The second-order valence-electron chi connectivity index (χ2n) is 18.8. The summed E-state index contributed by atoms with van der Waals surface area (Å²) in [6.45, 7) is 9.38. The van der Waals surface area contributed by atoms with Crippen molar-refractivity contribution in [2.75, 3.05) is 41.4 Å². The highest BCUT2D eigenvalue weighted by Crippen LogP contribution is 2.65. The number of allylic oxidation sites excluding steroid dienone is 2. The highest BCUT2D eigenvalue weighted by Gasteiger charge is 2.61. The van der Waals surface area contributed by atoms with Gasteiger partial charge in [0.25, 0.3) is 0 Å². The number of rotatable bonds is 7. The lowest BCUT2D eigenvalue weighted by molar-refractivity contribution is -0.132. The summed E-state index contributed by atoms with van der Waals surface area (Å²) in [6, 6.07) is 24.8. The van der Waals surface area contributed by atoms with E-state index < -0.39 is 10.8 Å². The predicted octanol–water partition coefficient (Wildman–Crippen LogP) is 9.45. The van der Waals surface area contributed by atoms with E-state index in [0.29, 0.717) is 23.7 Å². The third kappa shape index (κ3) is 7.39. The number of fused-ring (bicyclic) bond motifs is 2. The van der Waals surface area contributed by atoms with Crippen LogP contribution in [0.4, 0.5) is 0 Å². The Kier molecular flexibility index (Phi) is 12.0. The Balaban J connectivity index is 0.000000165. The first kappa shape index (κ1) is 45.2. The zero-order valence-electron chi connectivity index (χ0n) is 38.3. The van der Waals surface area contributed by atoms with Gasteiger partial charge in [-0.2, -0.15) is 0 Å². The van der Waals surface area contributed by atoms with Crippen LogP contribution in [0, 0.1) is 32.6 Å². The van der Waals surface area contributed by atoms with E-state index in [1.165, 1.54) is 33.4 Å². The van der Waals surface area contributed by atoms with Crippen LogP contribution in [0.5, 0.6) is 17.2 Å². The molecule has 10 nitrogen and oxygen atoms in total. The smallest absolute Gasteiger partial charge is 0.308 e. The summed E-state index contributed by atoms with van der Waals surface area (Å²) in [4.78, 5) is 45.5. The normalized spacial score (nSPS) is 28.8. The van der Waals surface area contributed by atoms with Gasteiger partial charge in [0.1, 0.15) is 5.75 Å². The molecule has 4 bridgehead atoms. The standard InChI is InChI=1S/C28H31NO4S.C25H27NO4S/c1-16-8-6-7-9-23(16)34-27-19-11-10-17(2)26(33-18(3)30)24(19)28-12-13-29(4)25(27)20(28)14-22(32-5)21(31)15-28;1-14-6-4-5-7-20(14)31-24-15-8-9-17(27)23(29)21(15)25-10-11-26(2)22(24)16(25)12-19(30-3)18(28)13-25/h6-11,14,20,25,27H,12-13,15H2,1-5H3;4-9,12,16,22,24,27,29H,10-11,13H2,1-3H3/t20-,25-,27-,28-;16-,22-,24-,25-/m11/s1. The third-order valence-corrected chi connectivity index (χ3v) is 18.2. The SMILES string of the molecule is COC1=C[C@@H]2[C@@H]3[C@H](Sc4ccccc4C)c4ccc(C)c(OC(C)=O)c4[C@]2(CCN3C)CC1=O.COC1=C[C@@H]2[C@@H]3[C@H](Sc4ccccc4C)c4ccc(O)c(O)c4[C@]2(CCN3C)CC1=O. The molecule has 340 valence electrons. The molecule has 6 aliphatic rings. The maximum atomic E-state index is 13.2. The minimum absolute atomic E-state index is 0.000573. The van der Waals surface area contributed by atoms with Crippen molar-refractivity contribution in [3.05, 3.63) is 135 Å². The summed E-state index contributed by atoms with van der Waals surface area (Å²) in [5.41, 5.74) is 6.40. The summed E-state index contributed by atoms with van der Waals surface area (Å²) in [7, 11) is 7.44. The van der Waals surface area contributed by atoms with Crippen molar-refractivity contribution in [2.45, 2.75) is 96.6 Å². The molecule has 2 N–H and O–H groups in total. The Bertz CT molecular complexity index is 2660. The number of piperidine rings is 2. The fourth-order valence-electron chi connectivity index (χ4n) is 12.1. The molecule has 65 heavy (non-hydrogen) atoms. The van der Waals surface area contributed by atoms with Gasteiger partial charge in [-0.1, -0.05) is 54.6 Å². The van der Waals surface area contributed by atoms with Crippen LogP contribution < -0.4 is 4.74 Å². The Morgan fingerprint density at radius 2 is 1.12 bits per heavy atom. The number of aromatic hydroxyl groups is 2. The van der Waals surface area contributed by atoms with Crippen molar-refractivity contribution in [1.82, 2.24) is 9.80 Å². The van der Waals surface area contributed by atoms with Crippen molar-refractivity contribution in [3.8, 4) is 17.2 Å². The molecule has 0 spiro atoms. The number of ether oxygens (including phenoxy) is 3. The van der Waals surface area contributed by atoms with E-state index >= 15 is 0 Å². The van der Waals surface area contributed by atoms with Gasteiger partial charge in [-0.05, 0) is 119 Å². The van der Waals surface area contributed by atoms with Crippen LogP contribution in [0.15, 0.2) is 106 Å². The number of likely N-dealkylation sites (N-methyl/N-ethyl adjacent to an activating group) is 2. The number of esters is 1. The Morgan fingerprint density at radius 1 is 0.662 bits per heavy atom. The molecule has 4 aromatic rings. The average Bonchev–Trinajstić information content (AvgIpc) is 3.27. The van der Waals surface area contributed by atoms with Gasteiger partial charge in [-0.25, -0.2) is 0 Å². The van der Waals surface area contributed by atoms with Crippen LogP contribution in [0.25, 0.3) is 0 Å². The lowest BCUT2D eigenvalue weighted by Crippen LogP contribution is -2.61. The first-order valence-electron chi connectivity index (χ1n) is 22.4. The number of carbonyl (C=O) groups is 3. The van der Waals surface area contributed by atoms with Crippen molar-refractivity contribution < 1.29 is 38.8 Å². The van der Waals surface area contributed by atoms with Gasteiger partial charge in [0.15, 0.2) is 34.6 Å². The molecule has 0 unspecified atom stereocenters. The first-order chi connectivity index (χ1) is 31.1. The lowest BCUT2D eigenvalue weighted by Gasteiger charge is -2.59. The fourth-order valence-corrected chi connectivity index (χ4v) is 15.2. The fraction of sp³-hybridized carbons (Fsp3) is 0.415. The van der Waals surface area contributed by atoms with Crippen LogP contribution in [0.2, 0.25) is 0 Å². The van der Waals surface area contributed by atoms with Crippen LogP contribution >= 0.6 is 23.5 Å². The predicted molar refractivity (Wildman–Crippen MR) is 254 cm³/mol. The highest BCUT2D eigenvalue weighted by atomic mass is 32.2. The van der Waals surface area contributed by atoms with Gasteiger partial charge >= 0.3 is 5.97 Å². The van der Waals surface area contributed by atoms with Gasteiger partial charge in [0.05, 0.1) is 24.7 Å². The number of hydrogen-bond donors (Lipinski definition) is 2. The number of benzene rings is 4. The molecule has 8 atom stereocenters. The van der Waals surface area contributed by atoms with Crippen molar-refractivity contribution >= 4 is 41.1 Å². The van der Waals surface area contributed by atoms with E-state index in [9.17, 15) is 24.6 Å². The highest BCUT2D eigenvalue weighted by molar-refractivity contribution is 8.00. The number of phenols is 2. The third-order valence-electron chi connectivity index (χ3n) is 15.2. The zero-order chi connectivity index (χ0) is 46.1. The number of carbonyl (C=O) groups excluding carboxylic acids is 3. The molecule has 0 radical (unpaired) electrons. The second kappa shape index (κ2) is 17.3. The minimum Gasteiger partial charge on any atom is -0.504 e. The number of phenolic OH excluding ortho intramolecular Hbond substituents is 2. The number of thioether (sulfide) groups is 2. The molecule has 2 aliphatic heterocycles. The molecule has 0 amide bonds. The number of nitrogens with zero attached hydrogens (tertiary/aromatic N) is 2. The molecular formula is C53H58N2O8S2.